The molecule has 0 unspecified atom stereocenters. The number of benzene rings is 2. The van der Waals surface area contributed by atoms with Crippen LogP contribution in [0.15, 0.2) is 48.5 Å². The normalized spacial score (nSPS) is 18.0. The Labute approximate surface area is 147 Å². The molecule has 0 aromatic heterocycles. The number of β-amino-alcohol motifs (C(OH)–C–C–N with tert-alkyl or cyclic N) is 1. The van der Waals surface area contributed by atoms with Crippen LogP contribution in [0.4, 0.5) is 0 Å². The zero-order chi connectivity index (χ0) is 17.6. The summed E-state index contributed by atoms with van der Waals surface area (Å²) in [5, 5.41) is 21.9. The number of amides is 1. The van der Waals surface area contributed by atoms with E-state index in [1.165, 1.54) is 0 Å². The molecule has 1 aliphatic rings. The molecule has 5 heteroatoms. The van der Waals surface area contributed by atoms with Crippen LogP contribution >= 0.6 is 0 Å². The first kappa shape index (κ1) is 17.5. The molecular weight excluding hydrogens is 316 g/mol. The molecule has 0 aliphatic carbocycles. The Morgan fingerprint density at radius 1 is 1.08 bits per heavy atom. The van der Waals surface area contributed by atoms with Gasteiger partial charge in [-0.2, -0.15) is 0 Å². The molecule has 1 amide bonds. The third-order valence-electron chi connectivity index (χ3n) is 4.54. The van der Waals surface area contributed by atoms with Crippen LogP contribution < -0.4 is 5.32 Å². The third kappa shape index (κ3) is 4.81. The minimum Gasteiger partial charge on any atom is -0.508 e. The molecule has 5 nitrogen and oxygen atoms in total. The summed E-state index contributed by atoms with van der Waals surface area (Å²) in [7, 11) is 0. The van der Waals surface area contributed by atoms with Gasteiger partial charge in [0.05, 0.1) is 6.10 Å². The van der Waals surface area contributed by atoms with E-state index in [9.17, 15) is 15.0 Å². The minimum absolute atomic E-state index is 0.0881. The van der Waals surface area contributed by atoms with E-state index in [0.29, 0.717) is 18.7 Å². The van der Waals surface area contributed by atoms with Crippen molar-refractivity contribution in [1.82, 2.24) is 10.2 Å². The second-order valence-corrected chi connectivity index (χ2v) is 6.48. The van der Waals surface area contributed by atoms with Gasteiger partial charge in [-0.05, 0) is 54.8 Å². The lowest BCUT2D eigenvalue weighted by Crippen LogP contribution is -2.42. The van der Waals surface area contributed by atoms with E-state index >= 15 is 0 Å². The standard InChI is InChI=1S/C20H24N2O3/c23-18-9-7-16(8-10-18)15-3-5-17(6-4-15)20(25)21-11-13-22-12-1-2-19(24)14-22/h3-10,19,23-24H,1-2,11-14H2,(H,21,25)/t19-/m0/s1. The van der Waals surface area contributed by atoms with E-state index in [2.05, 4.69) is 10.2 Å². The number of rotatable bonds is 5. The molecule has 0 bridgehead atoms. The molecule has 1 saturated heterocycles. The van der Waals surface area contributed by atoms with Gasteiger partial charge < -0.3 is 15.5 Å². The molecule has 3 rings (SSSR count). The Hall–Kier alpha value is -2.37. The van der Waals surface area contributed by atoms with E-state index in [4.69, 9.17) is 0 Å². The highest BCUT2D eigenvalue weighted by Crippen LogP contribution is 2.22. The van der Waals surface area contributed by atoms with Gasteiger partial charge in [0, 0.05) is 25.2 Å². The second kappa shape index (κ2) is 8.14. The molecule has 132 valence electrons. The summed E-state index contributed by atoms with van der Waals surface area (Å²) in [6.45, 7) is 3.01. The quantitative estimate of drug-likeness (QED) is 0.781. The Bertz CT molecular complexity index is 698. The molecule has 0 saturated carbocycles. The molecule has 1 heterocycles. The minimum atomic E-state index is -0.239. The lowest BCUT2D eigenvalue weighted by molar-refractivity contribution is 0.0703. The van der Waals surface area contributed by atoms with Gasteiger partial charge in [0.1, 0.15) is 5.75 Å². The number of nitrogens with zero attached hydrogens (tertiary/aromatic N) is 1. The Kier molecular flexibility index (Phi) is 5.68. The number of phenolic OH excluding ortho intramolecular Hbond substituents is 1. The fourth-order valence-electron chi connectivity index (χ4n) is 3.13. The van der Waals surface area contributed by atoms with Gasteiger partial charge in [-0.15, -0.1) is 0 Å². The number of aliphatic hydroxyl groups is 1. The molecule has 0 radical (unpaired) electrons. The Morgan fingerprint density at radius 2 is 1.72 bits per heavy atom. The largest absolute Gasteiger partial charge is 0.508 e. The Morgan fingerprint density at radius 3 is 2.36 bits per heavy atom. The van der Waals surface area contributed by atoms with Crippen LogP contribution in [0.5, 0.6) is 5.75 Å². The van der Waals surface area contributed by atoms with E-state index in [-0.39, 0.29) is 17.8 Å². The maximum absolute atomic E-state index is 12.2. The molecule has 0 spiro atoms. The summed E-state index contributed by atoms with van der Waals surface area (Å²) >= 11 is 0. The molecule has 2 aromatic carbocycles. The van der Waals surface area contributed by atoms with Crippen molar-refractivity contribution < 1.29 is 15.0 Å². The number of aliphatic hydroxyl groups excluding tert-OH is 1. The van der Waals surface area contributed by atoms with Crippen LogP contribution in [0.1, 0.15) is 23.2 Å². The summed E-state index contributed by atoms with van der Waals surface area (Å²) in [6, 6.07) is 14.4. The zero-order valence-corrected chi connectivity index (χ0v) is 14.2. The van der Waals surface area contributed by atoms with Crippen molar-refractivity contribution in [2.24, 2.45) is 0 Å². The molecule has 1 fully saturated rings. The van der Waals surface area contributed by atoms with Gasteiger partial charge in [0.15, 0.2) is 0 Å². The van der Waals surface area contributed by atoms with E-state index in [0.717, 1.165) is 37.1 Å². The first-order chi connectivity index (χ1) is 12.1. The van der Waals surface area contributed by atoms with E-state index < -0.39 is 0 Å². The van der Waals surface area contributed by atoms with Crippen molar-refractivity contribution in [3.63, 3.8) is 0 Å². The molecular formula is C20H24N2O3. The van der Waals surface area contributed by atoms with Crippen molar-refractivity contribution in [2.75, 3.05) is 26.2 Å². The van der Waals surface area contributed by atoms with Gasteiger partial charge in [-0.25, -0.2) is 0 Å². The number of aromatic hydroxyl groups is 1. The summed E-state index contributed by atoms with van der Waals surface area (Å²) in [5.41, 5.74) is 2.62. The van der Waals surface area contributed by atoms with Gasteiger partial charge in [-0.3, -0.25) is 9.69 Å². The van der Waals surface area contributed by atoms with Crippen molar-refractivity contribution >= 4 is 5.91 Å². The number of carbonyl (C=O) groups is 1. The van der Waals surface area contributed by atoms with Crippen LogP contribution in [0.25, 0.3) is 11.1 Å². The predicted octanol–water partition coefficient (Wildman–Crippen LogP) is 2.25. The molecule has 1 aliphatic heterocycles. The summed E-state index contributed by atoms with van der Waals surface area (Å²) < 4.78 is 0. The highest BCUT2D eigenvalue weighted by atomic mass is 16.3. The summed E-state index contributed by atoms with van der Waals surface area (Å²) in [4.78, 5) is 14.4. The van der Waals surface area contributed by atoms with Gasteiger partial charge >= 0.3 is 0 Å². The maximum Gasteiger partial charge on any atom is 0.251 e. The van der Waals surface area contributed by atoms with Crippen LogP contribution in [0.2, 0.25) is 0 Å². The lowest BCUT2D eigenvalue weighted by atomic mass is 10.0. The highest BCUT2D eigenvalue weighted by Gasteiger charge is 2.17. The van der Waals surface area contributed by atoms with Crippen LogP contribution in [-0.4, -0.2) is 53.3 Å². The van der Waals surface area contributed by atoms with Crippen molar-refractivity contribution in [1.29, 1.82) is 0 Å². The molecule has 2 aromatic rings. The fraction of sp³-hybridized carbons (Fsp3) is 0.350. The lowest BCUT2D eigenvalue weighted by Gasteiger charge is -2.29. The number of hydrogen-bond donors (Lipinski definition) is 3. The number of nitrogens with one attached hydrogen (secondary N) is 1. The zero-order valence-electron chi connectivity index (χ0n) is 14.2. The van der Waals surface area contributed by atoms with Crippen LogP contribution in [0.3, 0.4) is 0 Å². The van der Waals surface area contributed by atoms with Gasteiger partial charge in [0.25, 0.3) is 5.91 Å². The highest BCUT2D eigenvalue weighted by molar-refractivity contribution is 5.94. The Balaban J connectivity index is 1.51. The average Bonchev–Trinajstić information content (AvgIpc) is 2.62. The molecule has 25 heavy (non-hydrogen) atoms. The number of piperidine rings is 1. The summed E-state index contributed by atoms with van der Waals surface area (Å²) in [6.07, 6.45) is 1.64. The number of phenols is 1. The monoisotopic (exact) mass is 340 g/mol. The van der Waals surface area contributed by atoms with Gasteiger partial charge in [-0.1, -0.05) is 24.3 Å². The molecule has 1 atom stereocenters. The first-order valence-electron chi connectivity index (χ1n) is 8.70. The predicted molar refractivity (Wildman–Crippen MR) is 97.6 cm³/mol. The van der Waals surface area contributed by atoms with Crippen molar-refractivity contribution in [3.8, 4) is 16.9 Å². The van der Waals surface area contributed by atoms with Crippen molar-refractivity contribution in [3.05, 3.63) is 54.1 Å². The average molecular weight is 340 g/mol. The maximum atomic E-state index is 12.2. The first-order valence-corrected chi connectivity index (χ1v) is 8.70. The number of likely N-dealkylation sites (tertiary alicyclic amines) is 1. The SMILES string of the molecule is O=C(NCCN1CCC[C@H](O)C1)c1ccc(-c2ccc(O)cc2)cc1. The topological polar surface area (TPSA) is 72.8 Å². The van der Waals surface area contributed by atoms with E-state index in [1.807, 2.05) is 36.4 Å². The second-order valence-electron chi connectivity index (χ2n) is 6.48. The van der Waals surface area contributed by atoms with Crippen LogP contribution in [-0.2, 0) is 0 Å². The van der Waals surface area contributed by atoms with E-state index in [1.54, 1.807) is 12.1 Å². The fourth-order valence-corrected chi connectivity index (χ4v) is 3.13. The van der Waals surface area contributed by atoms with Crippen molar-refractivity contribution in [2.45, 2.75) is 18.9 Å². The third-order valence-corrected chi connectivity index (χ3v) is 4.54. The number of carbonyl (C=O) groups excluding carboxylic acids is 1. The van der Waals surface area contributed by atoms with Crippen LogP contribution in [0, 0.1) is 0 Å². The molecule has 3 N–H and O–H groups in total. The summed E-state index contributed by atoms with van der Waals surface area (Å²) in [5.74, 6) is 0.149. The number of hydrogen-bond acceptors (Lipinski definition) is 4. The van der Waals surface area contributed by atoms with Gasteiger partial charge in [0.2, 0.25) is 0 Å². The smallest absolute Gasteiger partial charge is 0.251 e.